The van der Waals surface area contributed by atoms with Crippen LogP contribution in [-0.2, 0) is 6.42 Å². The van der Waals surface area contributed by atoms with E-state index in [2.05, 4.69) is 6.92 Å². The zero-order valence-corrected chi connectivity index (χ0v) is 12.8. The molecule has 4 heteroatoms. The Morgan fingerprint density at radius 3 is 2.57 bits per heavy atom. The maximum absolute atomic E-state index is 13.2. The number of phenolic OH excluding ortho intramolecular Hbond substituents is 1. The molecular weight excluding hydrogens is 295 g/mol. The number of hydrogen-bond donors (Lipinski definition) is 1. The van der Waals surface area contributed by atoms with Gasteiger partial charge in [0.2, 0.25) is 0 Å². The number of hydrogen-bond acceptors (Lipinski definition) is 3. The maximum atomic E-state index is 13.2. The first-order chi connectivity index (χ1) is 11.1. The summed E-state index contributed by atoms with van der Waals surface area (Å²) in [7, 11) is 0. The van der Waals surface area contributed by atoms with E-state index in [1.54, 1.807) is 24.3 Å². The van der Waals surface area contributed by atoms with E-state index in [0.717, 1.165) is 30.2 Å². The molecule has 118 valence electrons. The zero-order chi connectivity index (χ0) is 16.4. The van der Waals surface area contributed by atoms with Crippen molar-refractivity contribution in [2.75, 3.05) is 0 Å². The average Bonchev–Trinajstić information content (AvgIpc) is 2.53. The van der Waals surface area contributed by atoms with Crippen LogP contribution < -0.4 is 5.63 Å². The number of rotatable bonds is 4. The highest BCUT2D eigenvalue weighted by Gasteiger charge is 2.16. The summed E-state index contributed by atoms with van der Waals surface area (Å²) in [4.78, 5) is 12.5. The molecule has 0 radical (unpaired) electrons. The molecule has 0 aliphatic carbocycles. The van der Waals surface area contributed by atoms with Crippen LogP contribution in [0.2, 0.25) is 0 Å². The Morgan fingerprint density at radius 2 is 1.87 bits per heavy atom. The Bertz CT molecular complexity index is 895. The van der Waals surface area contributed by atoms with Crippen LogP contribution in [0.25, 0.3) is 22.1 Å². The Hall–Kier alpha value is -2.62. The molecule has 0 atom stereocenters. The number of unbranched alkanes of at least 4 members (excludes halogenated alkanes) is 1. The van der Waals surface area contributed by atoms with Gasteiger partial charge in [-0.2, -0.15) is 0 Å². The number of phenols is 1. The molecule has 3 aromatic rings. The molecule has 1 heterocycles. The lowest BCUT2D eigenvalue weighted by atomic mass is 9.94. The van der Waals surface area contributed by atoms with Crippen molar-refractivity contribution in [1.29, 1.82) is 0 Å². The van der Waals surface area contributed by atoms with Crippen molar-refractivity contribution in [3.05, 3.63) is 64.3 Å². The number of benzene rings is 2. The van der Waals surface area contributed by atoms with Gasteiger partial charge in [0.1, 0.15) is 17.1 Å². The molecule has 0 saturated heterocycles. The quantitative estimate of drug-likeness (QED) is 0.714. The lowest BCUT2D eigenvalue weighted by Gasteiger charge is -2.12. The predicted octanol–water partition coefficient (Wildman–Crippen LogP) is 4.65. The summed E-state index contributed by atoms with van der Waals surface area (Å²) in [5.41, 5.74) is 1.88. The molecule has 0 aliphatic rings. The van der Waals surface area contributed by atoms with Crippen LogP contribution in [0, 0.1) is 5.82 Å². The summed E-state index contributed by atoms with van der Waals surface area (Å²) in [6.45, 7) is 2.08. The van der Waals surface area contributed by atoms with Gasteiger partial charge in [0.25, 0.3) is 0 Å². The fraction of sp³-hybridized carbons (Fsp3) is 0.211. The normalized spacial score (nSPS) is 11.0. The van der Waals surface area contributed by atoms with Crippen LogP contribution in [0.4, 0.5) is 4.39 Å². The summed E-state index contributed by atoms with van der Waals surface area (Å²) >= 11 is 0. The van der Waals surface area contributed by atoms with Gasteiger partial charge in [0.05, 0.1) is 5.56 Å². The van der Waals surface area contributed by atoms with Crippen LogP contribution in [-0.4, -0.2) is 5.11 Å². The van der Waals surface area contributed by atoms with Gasteiger partial charge in [-0.3, -0.25) is 0 Å². The van der Waals surface area contributed by atoms with Gasteiger partial charge in [-0.15, -0.1) is 0 Å². The highest BCUT2D eigenvalue weighted by molar-refractivity contribution is 5.87. The minimum atomic E-state index is -0.471. The third kappa shape index (κ3) is 2.97. The molecule has 1 N–H and O–H groups in total. The highest BCUT2D eigenvalue weighted by atomic mass is 19.1. The standard InChI is InChI=1S/C19H17FO3/c1-2-3-4-16-15-10-9-14(21)11-17(15)23-19(22)18(16)12-5-7-13(20)8-6-12/h5-11,21H,2-4H2,1H3. The first-order valence-electron chi connectivity index (χ1n) is 7.65. The molecular formula is C19H17FO3. The van der Waals surface area contributed by atoms with Gasteiger partial charge in [0.15, 0.2) is 0 Å². The average molecular weight is 312 g/mol. The number of fused-ring (bicyclic) bond motifs is 1. The van der Waals surface area contributed by atoms with E-state index in [0.29, 0.717) is 16.7 Å². The van der Waals surface area contributed by atoms with Gasteiger partial charge < -0.3 is 9.52 Å². The molecule has 2 aromatic carbocycles. The fourth-order valence-corrected chi connectivity index (χ4v) is 2.78. The summed E-state index contributed by atoms with van der Waals surface area (Å²) in [6.07, 6.45) is 2.63. The summed E-state index contributed by atoms with van der Waals surface area (Å²) < 4.78 is 18.5. The Morgan fingerprint density at radius 1 is 1.13 bits per heavy atom. The van der Waals surface area contributed by atoms with E-state index in [4.69, 9.17) is 4.42 Å². The molecule has 0 aliphatic heterocycles. The molecule has 23 heavy (non-hydrogen) atoms. The summed E-state index contributed by atoms with van der Waals surface area (Å²) in [5, 5.41) is 10.4. The largest absolute Gasteiger partial charge is 0.508 e. The molecule has 0 saturated carbocycles. The van der Waals surface area contributed by atoms with Crippen LogP contribution in [0.3, 0.4) is 0 Å². The van der Waals surface area contributed by atoms with E-state index < -0.39 is 5.63 Å². The van der Waals surface area contributed by atoms with Crippen molar-refractivity contribution in [3.8, 4) is 16.9 Å². The topological polar surface area (TPSA) is 50.4 Å². The van der Waals surface area contributed by atoms with Crippen LogP contribution in [0.1, 0.15) is 25.3 Å². The van der Waals surface area contributed by atoms with E-state index >= 15 is 0 Å². The lowest BCUT2D eigenvalue weighted by molar-refractivity contribution is 0.473. The second-order valence-corrected chi connectivity index (χ2v) is 5.53. The van der Waals surface area contributed by atoms with Gasteiger partial charge in [-0.25, -0.2) is 9.18 Å². The van der Waals surface area contributed by atoms with Crippen molar-refractivity contribution < 1.29 is 13.9 Å². The van der Waals surface area contributed by atoms with Crippen molar-refractivity contribution in [2.24, 2.45) is 0 Å². The second kappa shape index (κ2) is 6.24. The first kappa shape index (κ1) is 15.3. The molecule has 0 spiro atoms. The molecule has 3 rings (SSSR count). The minimum Gasteiger partial charge on any atom is -0.508 e. The monoisotopic (exact) mass is 312 g/mol. The van der Waals surface area contributed by atoms with Crippen LogP contribution >= 0.6 is 0 Å². The van der Waals surface area contributed by atoms with E-state index in [1.165, 1.54) is 18.2 Å². The molecule has 0 amide bonds. The first-order valence-corrected chi connectivity index (χ1v) is 7.65. The van der Waals surface area contributed by atoms with Gasteiger partial charge in [-0.05, 0) is 48.2 Å². The van der Waals surface area contributed by atoms with Crippen LogP contribution in [0.15, 0.2) is 51.7 Å². The minimum absolute atomic E-state index is 0.0524. The van der Waals surface area contributed by atoms with E-state index in [-0.39, 0.29) is 11.6 Å². The lowest BCUT2D eigenvalue weighted by Crippen LogP contribution is -2.08. The predicted molar refractivity (Wildman–Crippen MR) is 88.2 cm³/mol. The second-order valence-electron chi connectivity index (χ2n) is 5.53. The number of aromatic hydroxyl groups is 1. The fourth-order valence-electron chi connectivity index (χ4n) is 2.78. The smallest absolute Gasteiger partial charge is 0.344 e. The molecule has 1 aromatic heterocycles. The molecule has 0 unspecified atom stereocenters. The van der Waals surface area contributed by atoms with Crippen molar-refractivity contribution in [3.63, 3.8) is 0 Å². The summed E-state index contributed by atoms with van der Waals surface area (Å²) in [5.74, 6) is -0.296. The Balaban J connectivity index is 2.30. The van der Waals surface area contributed by atoms with Crippen LogP contribution in [0.5, 0.6) is 5.75 Å². The maximum Gasteiger partial charge on any atom is 0.344 e. The van der Waals surface area contributed by atoms with E-state index in [1.807, 2.05) is 0 Å². The molecule has 0 bridgehead atoms. The van der Waals surface area contributed by atoms with Gasteiger partial charge in [-0.1, -0.05) is 25.5 Å². The summed E-state index contributed by atoms with van der Waals surface area (Å²) in [6, 6.07) is 10.6. The molecule has 3 nitrogen and oxygen atoms in total. The third-order valence-electron chi connectivity index (χ3n) is 3.91. The highest BCUT2D eigenvalue weighted by Crippen LogP contribution is 2.30. The Labute approximate surface area is 133 Å². The van der Waals surface area contributed by atoms with Crippen molar-refractivity contribution >= 4 is 11.0 Å². The Kier molecular flexibility index (Phi) is 4.15. The SMILES string of the molecule is CCCCc1c(-c2ccc(F)cc2)c(=O)oc2cc(O)ccc12. The van der Waals surface area contributed by atoms with Crippen molar-refractivity contribution in [1.82, 2.24) is 0 Å². The van der Waals surface area contributed by atoms with Crippen molar-refractivity contribution in [2.45, 2.75) is 26.2 Å². The van der Waals surface area contributed by atoms with Gasteiger partial charge in [0, 0.05) is 11.5 Å². The number of halogens is 1. The van der Waals surface area contributed by atoms with E-state index in [9.17, 15) is 14.3 Å². The number of aryl methyl sites for hydroxylation is 1. The van der Waals surface area contributed by atoms with Gasteiger partial charge >= 0.3 is 5.63 Å². The third-order valence-corrected chi connectivity index (χ3v) is 3.91. The molecule has 0 fully saturated rings. The zero-order valence-electron chi connectivity index (χ0n) is 12.8.